The number of amides is 4. The molecule has 3 heterocycles. The second kappa shape index (κ2) is 13.6. The van der Waals surface area contributed by atoms with Crippen molar-refractivity contribution < 1.29 is 52.4 Å². The molecule has 0 aliphatic carbocycles. The van der Waals surface area contributed by atoms with Gasteiger partial charge in [-0.1, -0.05) is 19.0 Å². The third-order valence-corrected chi connectivity index (χ3v) is 7.51. The third kappa shape index (κ3) is 8.11. The van der Waals surface area contributed by atoms with Crippen LogP contribution in [0.1, 0.15) is 31.7 Å². The van der Waals surface area contributed by atoms with Gasteiger partial charge in [0.2, 0.25) is 12.0 Å². The zero-order chi connectivity index (χ0) is 32.9. The standard InChI is InChI=1S/C22H28N8O12S2/c1-9(2)3-14(20(35)36)42-28-16(12-8-43-21(23)26-12)18(33)27-17-13(30(19(17)34)44(39,40)41)7-25-22(37)24-6-10-4-11(31)5-15(32)29(10)38/h4-5,8-9,13-14,17,32,38H,3,6-7H2,1-2H3,(H2,23,26)(H,27,33)(H,35,36)(H2,24,25,37)(H,39,40,41)/b28-16-/t13-,14+,17+/m1/s1. The summed E-state index contributed by atoms with van der Waals surface area (Å²) in [4.78, 5) is 70.2. The third-order valence-electron chi connectivity index (χ3n) is 5.89. The Balaban J connectivity index is 1.77. The Hall–Kier alpha value is -4.96. The van der Waals surface area contributed by atoms with E-state index in [1.54, 1.807) is 13.8 Å². The lowest BCUT2D eigenvalue weighted by Gasteiger charge is -2.44. The highest BCUT2D eigenvalue weighted by Crippen LogP contribution is 2.24. The molecule has 0 spiro atoms. The number of aromatic hydroxyl groups is 1. The van der Waals surface area contributed by atoms with Crippen molar-refractivity contribution in [3.8, 4) is 5.88 Å². The highest BCUT2D eigenvalue weighted by atomic mass is 32.2. The molecule has 0 radical (unpaired) electrons. The summed E-state index contributed by atoms with van der Waals surface area (Å²) in [5.41, 5.74) is 3.98. The molecule has 1 aliphatic heterocycles. The van der Waals surface area contributed by atoms with Crippen LogP contribution in [0.15, 0.2) is 27.5 Å². The van der Waals surface area contributed by atoms with E-state index in [2.05, 4.69) is 26.1 Å². The predicted molar refractivity (Wildman–Crippen MR) is 149 cm³/mol. The van der Waals surface area contributed by atoms with Crippen LogP contribution in [0, 0.1) is 5.92 Å². The Morgan fingerprint density at radius 3 is 2.48 bits per heavy atom. The number of pyridine rings is 1. The van der Waals surface area contributed by atoms with Crippen molar-refractivity contribution in [3.63, 3.8) is 0 Å². The Labute approximate surface area is 252 Å². The van der Waals surface area contributed by atoms with Crippen molar-refractivity contribution in [2.24, 2.45) is 11.1 Å². The molecule has 1 aliphatic rings. The molecule has 240 valence electrons. The average molecular weight is 661 g/mol. The number of carboxylic acids is 1. The first-order chi connectivity index (χ1) is 20.5. The number of oxime groups is 1. The minimum Gasteiger partial charge on any atom is -0.492 e. The molecule has 3 rings (SSSR count). The summed E-state index contributed by atoms with van der Waals surface area (Å²) in [5.74, 6) is -4.72. The first kappa shape index (κ1) is 33.5. The van der Waals surface area contributed by atoms with E-state index in [1.807, 2.05) is 0 Å². The maximum atomic E-state index is 13.2. The lowest BCUT2D eigenvalue weighted by molar-refractivity contribution is -0.151. The van der Waals surface area contributed by atoms with Gasteiger partial charge in [0.25, 0.3) is 11.8 Å². The molecule has 3 atom stereocenters. The smallest absolute Gasteiger partial charge is 0.362 e. The largest absolute Gasteiger partial charge is 0.492 e. The molecule has 4 amide bonds. The number of urea groups is 1. The molecule has 20 nitrogen and oxygen atoms in total. The Kier molecular flexibility index (Phi) is 10.3. The molecule has 0 bridgehead atoms. The number of aromatic nitrogens is 2. The number of β-lactam (4-membered cyclic amide) rings is 1. The summed E-state index contributed by atoms with van der Waals surface area (Å²) in [6.45, 7) is 2.32. The van der Waals surface area contributed by atoms with Gasteiger partial charge in [-0.05, 0) is 5.92 Å². The van der Waals surface area contributed by atoms with E-state index in [1.165, 1.54) is 5.38 Å². The normalized spacial score (nSPS) is 17.5. The topological polar surface area (TPSA) is 305 Å². The number of rotatable bonds is 13. The molecule has 22 heteroatoms. The molecule has 0 saturated carbocycles. The lowest BCUT2D eigenvalue weighted by Crippen LogP contribution is -2.74. The first-order valence-electron chi connectivity index (χ1n) is 12.4. The number of nitrogen functional groups attached to an aromatic ring is 1. The molecular formula is C22H28N8O12S2. The fourth-order valence-corrected chi connectivity index (χ4v) is 5.29. The van der Waals surface area contributed by atoms with Crippen LogP contribution < -0.4 is 27.1 Å². The summed E-state index contributed by atoms with van der Waals surface area (Å²) in [6, 6.07) is -2.57. The molecule has 2 aromatic heterocycles. The second-order valence-corrected chi connectivity index (χ2v) is 11.8. The highest BCUT2D eigenvalue weighted by molar-refractivity contribution is 7.84. The number of nitrogens with zero attached hydrogens (tertiary/aromatic N) is 4. The zero-order valence-electron chi connectivity index (χ0n) is 22.9. The number of nitrogens with one attached hydrogen (secondary N) is 3. The number of anilines is 1. The Morgan fingerprint density at radius 1 is 1.23 bits per heavy atom. The van der Waals surface area contributed by atoms with Gasteiger partial charge in [-0.15, -0.1) is 11.3 Å². The lowest BCUT2D eigenvalue weighted by atomic mass is 9.98. The van der Waals surface area contributed by atoms with E-state index in [9.17, 15) is 52.4 Å². The van der Waals surface area contributed by atoms with Gasteiger partial charge in [0, 0.05) is 30.5 Å². The fraction of sp³-hybridized carbons (Fsp3) is 0.409. The van der Waals surface area contributed by atoms with Gasteiger partial charge >= 0.3 is 22.3 Å². The first-order valence-corrected chi connectivity index (χ1v) is 14.7. The molecule has 9 N–H and O–H groups in total. The van der Waals surface area contributed by atoms with Crippen LogP contribution in [0.2, 0.25) is 0 Å². The zero-order valence-corrected chi connectivity index (χ0v) is 24.5. The minimum absolute atomic E-state index is 0.00623. The van der Waals surface area contributed by atoms with Crippen LogP contribution in [0.4, 0.5) is 9.93 Å². The summed E-state index contributed by atoms with van der Waals surface area (Å²) in [7, 11) is -5.15. The number of carbonyl (C=O) groups excluding carboxylic acids is 3. The number of nitrogens with two attached hydrogens (primary N) is 1. The number of hydrogen-bond donors (Lipinski definition) is 8. The van der Waals surface area contributed by atoms with Gasteiger partial charge in [0.1, 0.15) is 11.7 Å². The van der Waals surface area contributed by atoms with Crippen molar-refractivity contribution in [2.75, 3.05) is 12.3 Å². The van der Waals surface area contributed by atoms with Crippen molar-refractivity contribution in [3.05, 3.63) is 39.1 Å². The summed E-state index contributed by atoms with van der Waals surface area (Å²) >= 11 is 0.905. The average Bonchev–Trinajstić information content (AvgIpc) is 3.34. The summed E-state index contributed by atoms with van der Waals surface area (Å²) < 4.78 is 33.4. The maximum absolute atomic E-state index is 13.2. The van der Waals surface area contributed by atoms with Crippen LogP contribution >= 0.6 is 11.3 Å². The fourth-order valence-electron chi connectivity index (χ4n) is 3.86. The van der Waals surface area contributed by atoms with Gasteiger partial charge in [-0.3, -0.25) is 18.9 Å². The number of carbonyl (C=O) groups is 4. The van der Waals surface area contributed by atoms with Gasteiger partial charge in [-0.2, -0.15) is 13.1 Å². The van der Waals surface area contributed by atoms with Crippen molar-refractivity contribution >= 4 is 56.3 Å². The van der Waals surface area contributed by atoms with E-state index >= 15 is 0 Å². The number of carboxylic acid groups (broad SMARTS) is 1. The molecule has 2 aromatic rings. The molecule has 44 heavy (non-hydrogen) atoms. The van der Waals surface area contributed by atoms with E-state index in [-0.39, 0.29) is 37.9 Å². The van der Waals surface area contributed by atoms with Gasteiger partial charge in [-0.25, -0.2) is 18.9 Å². The Morgan fingerprint density at radius 2 is 1.91 bits per heavy atom. The summed E-state index contributed by atoms with van der Waals surface area (Å²) in [6.07, 6.45) is -1.43. The van der Waals surface area contributed by atoms with Gasteiger partial charge in [0.05, 0.1) is 18.3 Å². The number of hydrogen-bond acceptors (Lipinski definition) is 14. The maximum Gasteiger partial charge on any atom is 0.362 e. The van der Waals surface area contributed by atoms with Gasteiger partial charge in [0.15, 0.2) is 16.3 Å². The monoisotopic (exact) mass is 660 g/mol. The second-order valence-electron chi connectivity index (χ2n) is 9.62. The van der Waals surface area contributed by atoms with E-state index in [4.69, 9.17) is 10.6 Å². The number of thiazole rings is 1. The van der Waals surface area contributed by atoms with Crippen molar-refractivity contribution in [1.29, 1.82) is 0 Å². The minimum atomic E-state index is -5.15. The highest BCUT2D eigenvalue weighted by Gasteiger charge is 2.54. The quantitative estimate of drug-likeness (QED) is 0.0381. The van der Waals surface area contributed by atoms with E-state index in [0.717, 1.165) is 23.5 Å². The number of aliphatic carboxylic acids is 1. The molecule has 0 aromatic carbocycles. The molecule has 0 unspecified atom stereocenters. The predicted octanol–water partition coefficient (Wildman–Crippen LogP) is -1.95. The van der Waals surface area contributed by atoms with Crippen LogP contribution in [0.25, 0.3) is 0 Å². The van der Waals surface area contributed by atoms with Gasteiger partial charge < -0.3 is 41.9 Å². The van der Waals surface area contributed by atoms with Crippen LogP contribution in [-0.4, -0.2) is 96.7 Å². The molecule has 1 saturated heterocycles. The summed E-state index contributed by atoms with van der Waals surface area (Å²) in [5, 5.41) is 40.3. The van der Waals surface area contributed by atoms with Crippen molar-refractivity contribution in [2.45, 2.75) is 45.0 Å². The van der Waals surface area contributed by atoms with Crippen LogP contribution in [-0.2, 0) is 36.1 Å². The SMILES string of the molecule is CC(C)C[C@H](O/N=C(\C(=O)N[C@@H]1C(=O)N(S(=O)(=O)O)[C@@H]1CNC(=O)NCc1cc(=O)cc(O)n1O)c1csc(N)n1)C(=O)O. The van der Waals surface area contributed by atoms with Crippen LogP contribution in [0.3, 0.4) is 0 Å². The van der Waals surface area contributed by atoms with Crippen molar-refractivity contribution in [1.82, 2.24) is 30.0 Å². The molecule has 1 fully saturated rings. The van der Waals surface area contributed by atoms with E-state index < -0.39 is 82.4 Å². The molecular weight excluding hydrogens is 632 g/mol. The van der Waals surface area contributed by atoms with E-state index in [0.29, 0.717) is 0 Å². The van der Waals surface area contributed by atoms with Crippen LogP contribution in [0.5, 0.6) is 5.88 Å². The Bertz CT molecular complexity index is 1640.